The van der Waals surface area contributed by atoms with Crippen LogP contribution in [-0.4, -0.2) is 30.8 Å². The number of hydrogen-bond donors (Lipinski definition) is 1. The number of pyridine rings is 1. The van der Waals surface area contributed by atoms with Gasteiger partial charge in [0.05, 0.1) is 6.10 Å². The standard InChI is InChI=1S/C13H21N3O/c1-10-7-12(17-2)4-6-16(10)13-8-11(9-14)3-5-15-13/h3,5,8,10,12H,4,6-7,9,14H2,1-2H3. The van der Waals surface area contributed by atoms with Crippen molar-refractivity contribution in [1.29, 1.82) is 0 Å². The molecule has 1 fully saturated rings. The van der Waals surface area contributed by atoms with Crippen molar-refractivity contribution in [3.63, 3.8) is 0 Å². The third kappa shape index (κ3) is 2.76. The van der Waals surface area contributed by atoms with Crippen LogP contribution in [0.2, 0.25) is 0 Å². The van der Waals surface area contributed by atoms with Crippen LogP contribution in [0, 0.1) is 0 Å². The van der Waals surface area contributed by atoms with E-state index in [-0.39, 0.29) is 0 Å². The summed E-state index contributed by atoms with van der Waals surface area (Å²) in [6.07, 6.45) is 4.35. The minimum atomic E-state index is 0.388. The van der Waals surface area contributed by atoms with Gasteiger partial charge in [0, 0.05) is 32.4 Å². The zero-order chi connectivity index (χ0) is 12.3. The van der Waals surface area contributed by atoms with Crippen LogP contribution in [0.15, 0.2) is 18.3 Å². The van der Waals surface area contributed by atoms with Crippen LogP contribution < -0.4 is 10.6 Å². The van der Waals surface area contributed by atoms with E-state index in [1.807, 2.05) is 12.3 Å². The van der Waals surface area contributed by atoms with Gasteiger partial charge in [-0.25, -0.2) is 4.98 Å². The van der Waals surface area contributed by atoms with E-state index in [0.29, 0.717) is 18.7 Å². The molecule has 0 amide bonds. The Hall–Kier alpha value is -1.13. The fraction of sp³-hybridized carbons (Fsp3) is 0.615. The van der Waals surface area contributed by atoms with Gasteiger partial charge >= 0.3 is 0 Å². The van der Waals surface area contributed by atoms with Gasteiger partial charge in [-0.05, 0) is 37.5 Å². The molecule has 2 N–H and O–H groups in total. The van der Waals surface area contributed by atoms with Crippen molar-refractivity contribution in [3.8, 4) is 0 Å². The highest BCUT2D eigenvalue weighted by Crippen LogP contribution is 2.24. The van der Waals surface area contributed by atoms with Crippen LogP contribution in [0.3, 0.4) is 0 Å². The second-order valence-corrected chi connectivity index (χ2v) is 4.65. The summed E-state index contributed by atoms with van der Waals surface area (Å²) in [5, 5.41) is 0. The number of aromatic nitrogens is 1. The predicted octanol–water partition coefficient (Wildman–Crippen LogP) is 1.54. The highest BCUT2D eigenvalue weighted by molar-refractivity contribution is 5.42. The molecule has 0 radical (unpaired) electrons. The molecule has 0 bridgehead atoms. The molecule has 4 nitrogen and oxygen atoms in total. The fourth-order valence-electron chi connectivity index (χ4n) is 2.43. The van der Waals surface area contributed by atoms with Crippen molar-refractivity contribution in [2.24, 2.45) is 5.73 Å². The Morgan fingerprint density at radius 1 is 1.59 bits per heavy atom. The smallest absolute Gasteiger partial charge is 0.129 e. The maximum atomic E-state index is 5.66. The summed E-state index contributed by atoms with van der Waals surface area (Å²) >= 11 is 0. The van der Waals surface area contributed by atoms with E-state index < -0.39 is 0 Å². The van der Waals surface area contributed by atoms with Crippen LogP contribution in [0.4, 0.5) is 5.82 Å². The summed E-state index contributed by atoms with van der Waals surface area (Å²) in [4.78, 5) is 6.78. The molecule has 2 atom stereocenters. The third-order valence-corrected chi connectivity index (χ3v) is 3.50. The van der Waals surface area contributed by atoms with Gasteiger partial charge in [0.25, 0.3) is 0 Å². The molecular weight excluding hydrogens is 214 g/mol. The molecule has 0 spiro atoms. The van der Waals surface area contributed by atoms with Gasteiger partial charge < -0.3 is 15.4 Å². The normalized spacial score (nSPS) is 25.0. The third-order valence-electron chi connectivity index (χ3n) is 3.50. The Balaban J connectivity index is 2.11. The SMILES string of the molecule is COC1CCN(c2cc(CN)ccn2)C(C)C1. The summed E-state index contributed by atoms with van der Waals surface area (Å²) in [5.74, 6) is 1.04. The monoisotopic (exact) mass is 235 g/mol. The lowest BCUT2D eigenvalue weighted by Crippen LogP contribution is -2.43. The van der Waals surface area contributed by atoms with Gasteiger partial charge in [-0.3, -0.25) is 0 Å². The zero-order valence-electron chi connectivity index (χ0n) is 10.6. The van der Waals surface area contributed by atoms with Gasteiger partial charge in [-0.1, -0.05) is 0 Å². The summed E-state index contributed by atoms with van der Waals surface area (Å²) in [5.41, 5.74) is 6.80. The lowest BCUT2D eigenvalue weighted by molar-refractivity contribution is 0.0719. The minimum Gasteiger partial charge on any atom is -0.381 e. The van der Waals surface area contributed by atoms with Gasteiger partial charge in [-0.2, -0.15) is 0 Å². The van der Waals surface area contributed by atoms with E-state index in [1.165, 1.54) is 0 Å². The first-order chi connectivity index (χ1) is 8.24. The summed E-state index contributed by atoms with van der Waals surface area (Å²) in [7, 11) is 1.79. The molecular formula is C13H21N3O. The highest BCUT2D eigenvalue weighted by atomic mass is 16.5. The number of rotatable bonds is 3. The Morgan fingerprint density at radius 2 is 2.41 bits per heavy atom. The average molecular weight is 235 g/mol. The molecule has 2 heterocycles. The first kappa shape index (κ1) is 12.3. The maximum Gasteiger partial charge on any atom is 0.129 e. The number of anilines is 1. The first-order valence-corrected chi connectivity index (χ1v) is 6.19. The Bertz CT molecular complexity index is 369. The van der Waals surface area contributed by atoms with Gasteiger partial charge in [0.1, 0.15) is 5.82 Å². The molecule has 1 aliphatic heterocycles. The van der Waals surface area contributed by atoms with Crippen molar-refractivity contribution >= 4 is 5.82 Å². The molecule has 1 saturated heterocycles. The molecule has 1 aromatic rings. The van der Waals surface area contributed by atoms with Gasteiger partial charge in [0.2, 0.25) is 0 Å². The van der Waals surface area contributed by atoms with Crippen LogP contribution in [0.5, 0.6) is 0 Å². The lowest BCUT2D eigenvalue weighted by atomic mass is 10.0. The molecule has 4 heteroatoms. The number of piperidine rings is 1. The van der Waals surface area contributed by atoms with Crippen molar-refractivity contribution in [2.75, 3.05) is 18.6 Å². The maximum absolute atomic E-state index is 5.66. The molecule has 0 aliphatic carbocycles. The van der Waals surface area contributed by atoms with Crippen LogP contribution >= 0.6 is 0 Å². The molecule has 1 aliphatic rings. The van der Waals surface area contributed by atoms with E-state index in [9.17, 15) is 0 Å². The largest absolute Gasteiger partial charge is 0.381 e. The van der Waals surface area contributed by atoms with E-state index in [4.69, 9.17) is 10.5 Å². The van der Waals surface area contributed by atoms with Gasteiger partial charge in [-0.15, -0.1) is 0 Å². The summed E-state index contributed by atoms with van der Waals surface area (Å²) in [6, 6.07) is 4.52. The van der Waals surface area contributed by atoms with Crippen molar-refractivity contribution in [2.45, 2.75) is 38.5 Å². The van der Waals surface area contributed by atoms with Gasteiger partial charge in [0.15, 0.2) is 0 Å². The molecule has 17 heavy (non-hydrogen) atoms. The lowest BCUT2D eigenvalue weighted by Gasteiger charge is -2.38. The Labute approximate surface area is 103 Å². The van der Waals surface area contributed by atoms with Crippen LogP contribution in [-0.2, 0) is 11.3 Å². The van der Waals surface area contributed by atoms with Crippen molar-refractivity contribution in [3.05, 3.63) is 23.9 Å². The van der Waals surface area contributed by atoms with Crippen molar-refractivity contribution < 1.29 is 4.74 Å². The number of nitrogens with zero attached hydrogens (tertiary/aromatic N) is 2. The van der Waals surface area contributed by atoms with E-state index in [1.54, 1.807) is 7.11 Å². The van der Waals surface area contributed by atoms with Crippen LogP contribution in [0.1, 0.15) is 25.3 Å². The molecule has 1 aromatic heterocycles. The summed E-state index contributed by atoms with van der Waals surface area (Å²) in [6.45, 7) is 3.79. The molecule has 2 rings (SSSR count). The van der Waals surface area contributed by atoms with E-state index in [0.717, 1.165) is 30.8 Å². The summed E-state index contributed by atoms with van der Waals surface area (Å²) < 4.78 is 5.42. The number of nitrogens with two attached hydrogens (primary N) is 1. The van der Waals surface area contributed by atoms with E-state index in [2.05, 4.69) is 22.9 Å². The second-order valence-electron chi connectivity index (χ2n) is 4.65. The van der Waals surface area contributed by atoms with E-state index >= 15 is 0 Å². The van der Waals surface area contributed by atoms with Crippen LogP contribution in [0.25, 0.3) is 0 Å². The molecule has 94 valence electrons. The topological polar surface area (TPSA) is 51.4 Å². The Kier molecular flexibility index (Phi) is 3.97. The fourth-order valence-corrected chi connectivity index (χ4v) is 2.43. The minimum absolute atomic E-state index is 0.388. The number of hydrogen-bond acceptors (Lipinski definition) is 4. The highest BCUT2D eigenvalue weighted by Gasteiger charge is 2.26. The quantitative estimate of drug-likeness (QED) is 0.863. The van der Waals surface area contributed by atoms with Crippen molar-refractivity contribution in [1.82, 2.24) is 4.98 Å². The first-order valence-electron chi connectivity index (χ1n) is 6.19. The zero-order valence-corrected chi connectivity index (χ0v) is 10.6. The Morgan fingerprint density at radius 3 is 3.06 bits per heavy atom. The molecule has 2 unspecified atom stereocenters. The molecule has 0 aromatic carbocycles. The molecule has 0 saturated carbocycles. The second kappa shape index (κ2) is 5.47. The number of methoxy groups -OCH3 is 1. The predicted molar refractivity (Wildman–Crippen MR) is 69.0 cm³/mol. The average Bonchev–Trinajstić information content (AvgIpc) is 2.38. The number of ether oxygens (including phenoxy) is 1.